The highest BCUT2D eigenvalue weighted by molar-refractivity contribution is 7.13. The number of anilines is 1. The summed E-state index contributed by atoms with van der Waals surface area (Å²) in [5.74, 6) is -0.316. The molecule has 0 atom stereocenters. The fraction of sp³-hybridized carbons (Fsp3) is 0.111. The third-order valence-corrected chi connectivity index (χ3v) is 4.31. The van der Waals surface area contributed by atoms with Crippen LogP contribution in [0.3, 0.4) is 0 Å². The Morgan fingerprint density at radius 2 is 2.00 bits per heavy atom. The molecule has 7 heteroatoms. The van der Waals surface area contributed by atoms with E-state index < -0.39 is 0 Å². The summed E-state index contributed by atoms with van der Waals surface area (Å²) < 4.78 is 13.0. The highest BCUT2D eigenvalue weighted by atomic mass is 32.1. The van der Waals surface area contributed by atoms with Crippen LogP contribution in [0.2, 0.25) is 0 Å². The molecule has 0 bridgehead atoms. The molecule has 25 heavy (non-hydrogen) atoms. The minimum absolute atomic E-state index is 0.0315. The Bertz CT molecular complexity index is 935. The number of aromatic nitrogens is 1. The summed E-state index contributed by atoms with van der Waals surface area (Å²) in [7, 11) is 0. The second-order valence-electron chi connectivity index (χ2n) is 5.39. The third kappa shape index (κ3) is 4.13. The van der Waals surface area contributed by atoms with Gasteiger partial charge in [0.1, 0.15) is 5.82 Å². The molecule has 0 fully saturated rings. The van der Waals surface area contributed by atoms with E-state index in [1.165, 1.54) is 30.4 Å². The fourth-order valence-electron chi connectivity index (χ4n) is 2.19. The van der Waals surface area contributed by atoms with Crippen molar-refractivity contribution in [3.05, 3.63) is 64.8 Å². The standard InChI is InChI=1S/C18H15FN4OS/c1-11(24)13-2-3-14(16(20)8-13)9-21-23-18-22-17(10-25-18)12-4-6-15(19)7-5-12/h2-8,10H,9,20H2,1H3. The summed E-state index contributed by atoms with van der Waals surface area (Å²) in [6.07, 6.45) is 0. The van der Waals surface area contributed by atoms with Crippen LogP contribution in [0.25, 0.3) is 11.3 Å². The van der Waals surface area contributed by atoms with E-state index in [1.807, 2.05) is 5.38 Å². The average Bonchev–Trinajstić information content (AvgIpc) is 3.05. The molecule has 5 nitrogen and oxygen atoms in total. The number of azo groups is 1. The van der Waals surface area contributed by atoms with Crippen molar-refractivity contribution in [3.63, 3.8) is 0 Å². The molecule has 0 aliphatic rings. The summed E-state index contributed by atoms with van der Waals surface area (Å²) in [5, 5.41) is 10.6. The zero-order valence-corrected chi connectivity index (χ0v) is 14.3. The smallest absolute Gasteiger partial charge is 0.230 e. The first-order valence-corrected chi connectivity index (χ1v) is 8.39. The maximum atomic E-state index is 13.0. The maximum absolute atomic E-state index is 13.0. The van der Waals surface area contributed by atoms with Gasteiger partial charge in [-0.25, -0.2) is 9.37 Å². The molecule has 0 aliphatic carbocycles. The molecule has 3 aromatic rings. The number of carbonyl (C=O) groups excluding carboxylic acids is 1. The zero-order chi connectivity index (χ0) is 17.8. The SMILES string of the molecule is CC(=O)c1ccc(CN=Nc2nc(-c3ccc(F)cc3)cs2)c(N)c1. The van der Waals surface area contributed by atoms with E-state index in [0.29, 0.717) is 22.9 Å². The van der Waals surface area contributed by atoms with E-state index in [0.717, 1.165) is 16.8 Å². The summed E-state index contributed by atoms with van der Waals surface area (Å²) in [5.41, 5.74) is 9.36. The molecule has 0 amide bonds. The van der Waals surface area contributed by atoms with Gasteiger partial charge in [0.25, 0.3) is 0 Å². The van der Waals surface area contributed by atoms with Crippen molar-refractivity contribution in [2.24, 2.45) is 10.2 Å². The predicted octanol–water partition coefficient (Wildman–Crippen LogP) is 5.02. The molecule has 0 saturated carbocycles. The molecule has 2 aromatic carbocycles. The van der Waals surface area contributed by atoms with Crippen LogP contribution in [0.4, 0.5) is 15.2 Å². The third-order valence-electron chi connectivity index (χ3n) is 3.58. The van der Waals surface area contributed by atoms with E-state index in [2.05, 4.69) is 15.2 Å². The maximum Gasteiger partial charge on any atom is 0.230 e. The normalized spacial score (nSPS) is 11.1. The van der Waals surface area contributed by atoms with E-state index >= 15 is 0 Å². The van der Waals surface area contributed by atoms with Gasteiger partial charge < -0.3 is 5.73 Å². The summed E-state index contributed by atoms with van der Waals surface area (Å²) in [6.45, 7) is 1.80. The van der Waals surface area contributed by atoms with Crippen LogP contribution < -0.4 is 5.73 Å². The van der Waals surface area contributed by atoms with Crippen molar-refractivity contribution in [1.82, 2.24) is 4.98 Å². The van der Waals surface area contributed by atoms with Gasteiger partial charge in [-0.3, -0.25) is 4.79 Å². The second-order valence-corrected chi connectivity index (χ2v) is 6.23. The van der Waals surface area contributed by atoms with Crippen molar-refractivity contribution < 1.29 is 9.18 Å². The molecule has 126 valence electrons. The summed E-state index contributed by atoms with van der Waals surface area (Å²) in [6, 6.07) is 11.3. The molecule has 2 N–H and O–H groups in total. The van der Waals surface area contributed by atoms with Gasteiger partial charge in [0.05, 0.1) is 12.2 Å². The van der Waals surface area contributed by atoms with Crippen LogP contribution in [0, 0.1) is 5.82 Å². The molecule has 0 radical (unpaired) electrons. The molecule has 0 unspecified atom stereocenters. The number of hydrogen-bond donors (Lipinski definition) is 1. The highest BCUT2D eigenvalue weighted by Gasteiger charge is 2.06. The minimum atomic E-state index is -0.285. The van der Waals surface area contributed by atoms with Crippen molar-refractivity contribution in [2.45, 2.75) is 13.5 Å². The van der Waals surface area contributed by atoms with Crippen LogP contribution in [-0.4, -0.2) is 10.8 Å². The number of nitrogens with zero attached hydrogens (tertiary/aromatic N) is 3. The molecule has 3 rings (SSSR count). The van der Waals surface area contributed by atoms with Crippen molar-refractivity contribution in [2.75, 3.05) is 5.73 Å². The lowest BCUT2D eigenvalue weighted by molar-refractivity contribution is 0.101. The van der Waals surface area contributed by atoms with Gasteiger partial charge in [-0.1, -0.05) is 12.1 Å². The van der Waals surface area contributed by atoms with Crippen molar-refractivity contribution >= 4 is 27.9 Å². The van der Waals surface area contributed by atoms with Crippen LogP contribution in [-0.2, 0) is 6.54 Å². The van der Waals surface area contributed by atoms with E-state index in [4.69, 9.17) is 5.73 Å². The van der Waals surface area contributed by atoms with Crippen LogP contribution >= 0.6 is 11.3 Å². The molecule has 1 heterocycles. The number of nitrogen functional groups attached to an aromatic ring is 1. The number of hydrogen-bond acceptors (Lipinski definition) is 6. The Labute approximate surface area is 148 Å². The number of carbonyl (C=O) groups is 1. The van der Waals surface area contributed by atoms with Gasteiger partial charge in [-0.05, 0) is 42.8 Å². The van der Waals surface area contributed by atoms with Crippen molar-refractivity contribution in [1.29, 1.82) is 0 Å². The number of halogens is 1. The molecule has 1 aromatic heterocycles. The van der Waals surface area contributed by atoms with Crippen LogP contribution in [0.15, 0.2) is 58.1 Å². The fourth-order valence-corrected chi connectivity index (χ4v) is 2.86. The Balaban J connectivity index is 1.69. The van der Waals surface area contributed by atoms with E-state index in [9.17, 15) is 9.18 Å². The quantitative estimate of drug-likeness (QED) is 0.397. The first-order valence-electron chi connectivity index (χ1n) is 7.51. The van der Waals surface area contributed by atoms with Gasteiger partial charge in [0.2, 0.25) is 5.13 Å². The topological polar surface area (TPSA) is 80.7 Å². The van der Waals surface area contributed by atoms with Crippen molar-refractivity contribution in [3.8, 4) is 11.3 Å². The van der Waals surface area contributed by atoms with E-state index in [-0.39, 0.29) is 11.6 Å². The van der Waals surface area contributed by atoms with Gasteiger partial charge >= 0.3 is 0 Å². The Morgan fingerprint density at radius 3 is 2.68 bits per heavy atom. The molecular weight excluding hydrogens is 339 g/mol. The Morgan fingerprint density at radius 1 is 1.24 bits per heavy atom. The zero-order valence-electron chi connectivity index (χ0n) is 13.4. The monoisotopic (exact) mass is 354 g/mol. The number of ketones is 1. The Hall–Kier alpha value is -2.93. The van der Waals surface area contributed by atoms with Gasteiger partial charge in [-0.2, -0.15) is 5.11 Å². The van der Waals surface area contributed by atoms with Gasteiger partial charge in [0, 0.05) is 22.2 Å². The lowest BCUT2D eigenvalue weighted by Gasteiger charge is -2.03. The largest absolute Gasteiger partial charge is 0.398 e. The number of Topliss-reactive ketones (excluding diaryl/α,β-unsaturated/α-hetero) is 1. The molecule has 0 spiro atoms. The first kappa shape index (κ1) is 16.9. The predicted molar refractivity (Wildman–Crippen MR) is 96.6 cm³/mol. The number of rotatable bonds is 5. The average molecular weight is 354 g/mol. The first-order chi connectivity index (χ1) is 12.0. The highest BCUT2D eigenvalue weighted by Crippen LogP contribution is 2.27. The lowest BCUT2D eigenvalue weighted by Crippen LogP contribution is -1.98. The van der Waals surface area contributed by atoms with Gasteiger partial charge in [-0.15, -0.1) is 16.5 Å². The van der Waals surface area contributed by atoms with Crippen LogP contribution in [0.5, 0.6) is 0 Å². The lowest BCUT2D eigenvalue weighted by atomic mass is 10.1. The van der Waals surface area contributed by atoms with Crippen LogP contribution in [0.1, 0.15) is 22.8 Å². The number of thiazole rings is 1. The van der Waals surface area contributed by atoms with E-state index in [1.54, 1.807) is 30.3 Å². The summed E-state index contributed by atoms with van der Waals surface area (Å²) >= 11 is 1.35. The molecule has 0 saturated heterocycles. The number of benzene rings is 2. The molecular formula is C18H15FN4OS. The Kier molecular flexibility index (Phi) is 4.95. The molecule has 0 aliphatic heterocycles. The minimum Gasteiger partial charge on any atom is -0.398 e. The number of nitrogens with two attached hydrogens (primary N) is 1. The van der Waals surface area contributed by atoms with Gasteiger partial charge in [0.15, 0.2) is 5.78 Å². The second kappa shape index (κ2) is 7.31. The summed E-state index contributed by atoms with van der Waals surface area (Å²) in [4.78, 5) is 15.7.